The van der Waals surface area contributed by atoms with Crippen molar-refractivity contribution in [2.75, 3.05) is 32.4 Å². The van der Waals surface area contributed by atoms with Gasteiger partial charge in [-0.05, 0) is 43.4 Å². The summed E-state index contributed by atoms with van der Waals surface area (Å²) in [5.74, 6) is -0.362. The SMILES string of the molecule is CCNC(=NCc1ccc(F)cc1C(F)(F)F)NCC1CCN(S(C)(=O)=O)CC1. The van der Waals surface area contributed by atoms with Gasteiger partial charge in [-0.25, -0.2) is 22.1 Å². The number of nitrogens with one attached hydrogen (secondary N) is 2. The lowest BCUT2D eigenvalue weighted by Crippen LogP contribution is -2.44. The highest BCUT2D eigenvalue weighted by molar-refractivity contribution is 7.88. The third kappa shape index (κ3) is 7.14. The summed E-state index contributed by atoms with van der Waals surface area (Å²) in [5.41, 5.74) is -1.15. The molecule has 1 aliphatic heterocycles. The van der Waals surface area contributed by atoms with Crippen molar-refractivity contribution in [2.24, 2.45) is 10.9 Å². The second-order valence-electron chi connectivity index (χ2n) is 6.98. The molecular weight excluding hydrogens is 412 g/mol. The Morgan fingerprint density at radius 2 is 1.90 bits per heavy atom. The lowest BCUT2D eigenvalue weighted by atomic mass is 9.98. The van der Waals surface area contributed by atoms with E-state index in [2.05, 4.69) is 15.6 Å². The average molecular weight is 438 g/mol. The van der Waals surface area contributed by atoms with Gasteiger partial charge in [-0.1, -0.05) is 6.07 Å². The summed E-state index contributed by atoms with van der Waals surface area (Å²) in [6, 6.07) is 2.54. The summed E-state index contributed by atoms with van der Waals surface area (Å²) in [4.78, 5) is 4.19. The Labute approximate surface area is 168 Å². The van der Waals surface area contributed by atoms with Crippen LogP contribution in [0.5, 0.6) is 0 Å². The third-order valence-corrected chi connectivity index (χ3v) is 6.03. The molecule has 1 heterocycles. The monoisotopic (exact) mass is 438 g/mol. The molecule has 0 atom stereocenters. The molecule has 1 saturated heterocycles. The summed E-state index contributed by atoms with van der Waals surface area (Å²) >= 11 is 0. The van der Waals surface area contributed by atoms with Crippen molar-refractivity contribution in [1.29, 1.82) is 0 Å². The van der Waals surface area contributed by atoms with Gasteiger partial charge in [0.05, 0.1) is 18.4 Å². The van der Waals surface area contributed by atoms with Gasteiger partial charge in [0.25, 0.3) is 0 Å². The first-order valence-electron chi connectivity index (χ1n) is 9.33. The van der Waals surface area contributed by atoms with Crippen LogP contribution in [0.25, 0.3) is 0 Å². The largest absolute Gasteiger partial charge is 0.416 e. The topological polar surface area (TPSA) is 73.8 Å². The average Bonchev–Trinajstić information content (AvgIpc) is 2.63. The van der Waals surface area contributed by atoms with E-state index in [4.69, 9.17) is 0 Å². The van der Waals surface area contributed by atoms with E-state index in [-0.39, 0.29) is 18.0 Å². The lowest BCUT2D eigenvalue weighted by molar-refractivity contribution is -0.138. The lowest BCUT2D eigenvalue weighted by Gasteiger charge is -2.30. The van der Waals surface area contributed by atoms with Crippen molar-refractivity contribution < 1.29 is 26.0 Å². The van der Waals surface area contributed by atoms with Gasteiger partial charge < -0.3 is 10.6 Å². The molecule has 0 amide bonds. The molecule has 1 aromatic carbocycles. The third-order valence-electron chi connectivity index (χ3n) is 4.73. The van der Waals surface area contributed by atoms with Gasteiger partial charge in [0.1, 0.15) is 5.82 Å². The van der Waals surface area contributed by atoms with E-state index in [1.807, 2.05) is 6.92 Å². The van der Waals surface area contributed by atoms with E-state index in [1.54, 1.807) is 0 Å². The van der Waals surface area contributed by atoms with Crippen molar-refractivity contribution in [2.45, 2.75) is 32.5 Å². The zero-order chi connectivity index (χ0) is 21.7. The van der Waals surface area contributed by atoms with Gasteiger partial charge in [0, 0.05) is 26.2 Å². The highest BCUT2D eigenvalue weighted by Crippen LogP contribution is 2.32. The van der Waals surface area contributed by atoms with Crippen molar-refractivity contribution in [3.05, 3.63) is 35.1 Å². The van der Waals surface area contributed by atoms with Gasteiger partial charge in [0.15, 0.2) is 5.96 Å². The maximum absolute atomic E-state index is 13.2. The number of benzene rings is 1. The fourth-order valence-corrected chi connectivity index (χ4v) is 4.02. The molecule has 6 nitrogen and oxygen atoms in total. The van der Waals surface area contributed by atoms with Gasteiger partial charge in [-0.3, -0.25) is 0 Å². The molecule has 164 valence electrons. The van der Waals surface area contributed by atoms with Crippen LogP contribution in [0.15, 0.2) is 23.2 Å². The van der Waals surface area contributed by atoms with Crippen molar-refractivity contribution in [3.63, 3.8) is 0 Å². The first kappa shape index (κ1) is 23.4. The number of halogens is 4. The number of aliphatic imine (C=N–C) groups is 1. The molecule has 0 spiro atoms. The van der Waals surface area contributed by atoms with Crippen LogP contribution in [0.4, 0.5) is 17.6 Å². The second-order valence-corrected chi connectivity index (χ2v) is 8.96. The number of hydrogen-bond acceptors (Lipinski definition) is 3. The summed E-state index contributed by atoms with van der Waals surface area (Å²) < 4.78 is 77.1. The molecule has 2 rings (SSSR count). The molecule has 29 heavy (non-hydrogen) atoms. The van der Waals surface area contributed by atoms with E-state index < -0.39 is 27.6 Å². The van der Waals surface area contributed by atoms with Gasteiger partial charge >= 0.3 is 6.18 Å². The predicted octanol–water partition coefficient (Wildman–Crippen LogP) is 2.57. The minimum atomic E-state index is -4.66. The molecule has 0 aromatic heterocycles. The van der Waals surface area contributed by atoms with Crippen molar-refractivity contribution in [3.8, 4) is 0 Å². The van der Waals surface area contributed by atoms with E-state index >= 15 is 0 Å². The minimum Gasteiger partial charge on any atom is -0.357 e. The fourth-order valence-electron chi connectivity index (χ4n) is 3.14. The Morgan fingerprint density at radius 1 is 1.24 bits per heavy atom. The van der Waals surface area contributed by atoms with Crippen LogP contribution in [-0.2, 0) is 22.7 Å². The second kappa shape index (κ2) is 9.75. The van der Waals surface area contributed by atoms with E-state index in [0.717, 1.165) is 12.1 Å². The predicted molar refractivity (Wildman–Crippen MR) is 103 cm³/mol. The molecule has 0 bridgehead atoms. The van der Waals surface area contributed by atoms with E-state index in [0.29, 0.717) is 51.0 Å². The quantitative estimate of drug-likeness (QED) is 0.407. The fraction of sp³-hybridized carbons (Fsp3) is 0.611. The summed E-state index contributed by atoms with van der Waals surface area (Å²) in [6.45, 7) is 3.53. The number of alkyl halides is 3. The van der Waals surface area contributed by atoms with Crippen molar-refractivity contribution >= 4 is 16.0 Å². The zero-order valence-electron chi connectivity index (χ0n) is 16.4. The number of guanidine groups is 1. The van der Waals surface area contributed by atoms with Gasteiger partial charge in [-0.15, -0.1) is 0 Å². The van der Waals surface area contributed by atoms with Crippen LogP contribution in [-0.4, -0.2) is 51.1 Å². The number of sulfonamides is 1. The molecule has 1 fully saturated rings. The molecule has 1 aliphatic rings. The standard InChI is InChI=1S/C18H26F4N4O2S/c1-3-23-17(24-11-13-6-8-26(9-7-13)29(2,27)28)25-12-14-4-5-15(19)10-16(14)18(20,21)22/h4-5,10,13H,3,6-9,11-12H2,1-2H3,(H2,23,24,25). The van der Waals surface area contributed by atoms with Crippen LogP contribution >= 0.6 is 0 Å². The van der Waals surface area contributed by atoms with Gasteiger partial charge in [0.2, 0.25) is 10.0 Å². The van der Waals surface area contributed by atoms with Crippen LogP contribution < -0.4 is 10.6 Å². The molecule has 0 radical (unpaired) electrons. The number of rotatable bonds is 6. The molecule has 0 aliphatic carbocycles. The molecule has 1 aromatic rings. The number of hydrogen-bond donors (Lipinski definition) is 2. The molecule has 0 saturated carbocycles. The molecule has 11 heteroatoms. The van der Waals surface area contributed by atoms with E-state index in [1.165, 1.54) is 10.6 Å². The van der Waals surface area contributed by atoms with Crippen LogP contribution in [0.3, 0.4) is 0 Å². The Hall–Kier alpha value is -1.88. The van der Waals surface area contributed by atoms with Crippen LogP contribution in [0.2, 0.25) is 0 Å². The first-order chi connectivity index (χ1) is 13.5. The Balaban J connectivity index is 1.99. The number of piperidine rings is 1. The van der Waals surface area contributed by atoms with Crippen molar-refractivity contribution in [1.82, 2.24) is 14.9 Å². The van der Waals surface area contributed by atoms with Crippen LogP contribution in [0.1, 0.15) is 30.9 Å². The molecule has 0 unspecified atom stereocenters. The number of nitrogens with zero attached hydrogens (tertiary/aromatic N) is 2. The maximum atomic E-state index is 13.2. The highest BCUT2D eigenvalue weighted by atomic mass is 32.2. The van der Waals surface area contributed by atoms with Gasteiger partial charge in [-0.2, -0.15) is 13.2 Å². The first-order valence-corrected chi connectivity index (χ1v) is 11.2. The Bertz CT molecular complexity index is 820. The normalized spacial score (nSPS) is 17.4. The highest BCUT2D eigenvalue weighted by Gasteiger charge is 2.33. The summed E-state index contributed by atoms with van der Waals surface area (Å²) in [5, 5.41) is 6.07. The van der Waals surface area contributed by atoms with E-state index in [9.17, 15) is 26.0 Å². The molecule has 2 N–H and O–H groups in total. The molecular formula is C18H26F4N4O2S. The Morgan fingerprint density at radius 3 is 2.45 bits per heavy atom. The maximum Gasteiger partial charge on any atom is 0.416 e. The minimum absolute atomic E-state index is 0.113. The Kier molecular flexibility index (Phi) is 7.87. The zero-order valence-corrected chi connectivity index (χ0v) is 17.2. The summed E-state index contributed by atoms with van der Waals surface area (Å²) in [7, 11) is -3.19. The van der Waals surface area contributed by atoms with Crippen LogP contribution in [0, 0.1) is 11.7 Å². The summed E-state index contributed by atoms with van der Waals surface area (Å²) in [6.07, 6.45) is -2.09. The smallest absolute Gasteiger partial charge is 0.357 e.